The van der Waals surface area contributed by atoms with Crippen LogP contribution >= 0.6 is 0 Å². The molecule has 0 aliphatic heterocycles. The molecule has 41 heavy (non-hydrogen) atoms. The number of rotatable bonds is 11. The van der Waals surface area contributed by atoms with Crippen molar-refractivity contribution in [3.05, 3.63) is 125 Å². The largest absolute Gasteiger partial charge is 0.497 e. The Hall–Kier alpha value is -4.62. The third kappa shape index (κ3) is 6.94. The molecule has 1 aliphatic rings. The molecule has 0 unspecified atom stereocenters. The van der Waals surface area contributed by atoms with Crippen molar-refractivity contribution in [1.29, 1.82) is 0 Å². The lowest BCUT2D eigenvalue weighted by molar-refractivity contribution is -0.123. The summed E-state index contributed by atoms with van der Waals surface area (Å²) >= 11 is 0. The zero-order chi connectivity index (χ0) is 28.6. The third-order valence-corrected chi connectivity index (χ3v) is 7.46. The van der Waals surface area contributed by atoms with Crippen molar-refractivity contribution >= 4 is 12.0 Å². The molecule has 0 radical (unpaired) electrons. The van der Waals surface area contributed by atoms with Crippen molar-refractivity contribution in [3.63, 3.8) is 0 Å². The van der Waals surface area contributed by atoms with E-state index in [9.17, 15) is 9.59 Å². The zero-order valence-corrected chi connectivity index (χ0v) is 23.1. The highest BCUT2D eigenvalue weighted by Crippen LogP contribution is 2.44. The van der Waals surface area contributed by atoms with Gasteiger partial charge in [0.05, 0.1) is 19.2 Å². The number of alkyl carbamates (subject to hydrolysis) is 1. The number of benzene rings is 4. The fourth-order valence-electron chi connectivity index (χ4n) is 5.35. The molecule has 7 heteroatoms. The zero-order valence-electron chi connectivity index (χ0n) is 23.1. The second kappa shape index (κ2) is 13.2. The minimum Gasteiger partial charge on any atom is -0.497 e. The first-order valence-corrected chi connectivity index (χ1v) is 13.8. The van der Waals surface area contributed by atoms with E-state index < -0.39 is 18.2 Å². The van der Waals surface area contributed by atoms with E-state index in [1.165, 1.54) is 11.1 Å². The monoisotopic (exact) mass is 549 g/mol. The van der Waals surface area contributed by atoms with E-state index in [4.69, 9.17) is 15.2 Å². The van der Waals surface area contributed by atoms with Crippen molar-refractivity contribution in [3.8, 4) is 16.9 Å². The molecule has 4 aromatic rings. The van der Waals surface area contributed by atoms with Gasteiger partial charge in [-0.15, -0.1) is 0 Å². The lowest BCUT2D eigenvalue weighted by Gasteiger charge is -2.22. The molecular weight excluding hydrogens is 514 g/mol. The lowest BCUT2D eigenvalue weighted by Crippen LogP contribution is -2.51. The lowest BCUT2D eigenvalue weighted by atomic mass is 9.98. The van der Waals surface area contributed by atoms with E-state index >= 15 is 0 Å². The first-order valence-electron chi connectivity index (χ1n) is 13.8. The summed E-state index contributed by atoms with van der Waals surface area (Å²) in [7, 11) is 1.62. The van der Waals surface area contributed by atoms with Gasteiger partial charge in [-0.2, -0.15) is 0 Å². The average molecular weight is 550 g/mol. The highest BCUT2D eigenvalue weighted by atomic mass is 16.5. The van der Waals surface area contributed by atoms with Crippen molar-refractivity contribution in [2.24, 2.45) is 5.73 Å². The first-order chi connectivity index (χ1) is 20.0. The fraction of sp³-hybridized carbons (Fsp3) is 0.235. The summed E-state index contributed by atoms with van der Waals surface area (Å²) in [4.78, 5) is 25.9. The molecule has 4 N–H and O–H groups in total. The van der Waals surface area contributed by atoms with E-state index in [0.29, 0.717) is 12.8 Å². The number of nitrogens with two attached hydrogens (primary N) is 1. The molecule has 0 saturated carbocycles. The Kier molecular flexibility index (Phi) is 8.96. The summed E-state index contributed by atoms with van der Waals surface area (Å²) in [5.41, 5.74) is 12.9. The van der Waals surface area contributed by atoms with Crippen LogP contribution in [0.25, 0.3) is 11.1 Å². The van der Waals surface area contributed by atoms with Gasteiger partial charge in [-0.05, 0) is 58.4 Å². The van der Waals surface area contributed by atoms with Crippen LogP contribution in [0.3, 0.4) is 0 Å². The minimum absolute atomic E-state index is 0.0288. The van der Waals surface area contributed by atoms with Gasteiger partial charge >= 0.3 is 6.09 Å². The predicted molar refractivity (Wildman–Crippen MR) is 160 cm³/mol. The van der Waals surface area contributed by atoms with Gasteiger partial charge in [0.15, 0.2) is 0 Å². The first kappa shape index (κ1) is 27.9. The SMILES string of the molecule is COc1ccc(C[C@H](CNC(=O)OCC2c3ccccc3-c3ccccc32)NC(=O)[C@@H](N)Cc2ccccc2)cc1. The molecular formula is C34H35N3O4. The van der Waals surface area contributed by atoms with Gasteiger partial charge in [0.1, 0.15) is 12.4 Å². The maximum absolute atomic E-state index is 13.0. The number of fused-ring (bicyclic) bond motifs is 3. The van der Waals surface area contributed by atoms with E-state index in [2.05, 4.69) is 34.9 Å². The van der Waals surface area contributed by atoms with Gasteiger partial charge in [0.25, 0.3) is 0 Å². The molecule has 210 valence electrons. The fourth-order valence-corrected chi connectivity index (χ4v) is 5.35. The Morgan fingerprint density at radius 3 is 2.00 bits per heavy atom. The highest BCUT2D eigenvalue weighted by molar-refractivity contribution is 5.82. The van der Waals surface area contributed by atoms with Crippen LogP contribution in [0.5, 0.6) is 5.75 Å². The van der Waals surface area contributed by atoms with Crippen LogP contribution in [0.4, 0.5) is 4.79 Å². The molecule has 0 fully saturated rings. The molecule has 5 rings (SSSR count). The predicted octanol–water partition coefficient (Wildman–Crippen LogP) is 4.83. The normalized spacial score (nSPS) is 13.4. The number of ether oxygens (including phenoxy) is 2. The number of carbonyl (C=O) groups is 2. The third-order valence-electron chi connectivity index (χ3n) is 7.46. The Labute approximate surface area is 240 Å². The molecule has 0 aromatic heterocycles. The van der Waals surface area contributed by atoms with Crippen LogP contribution in [0.1, 0.15) is 28.2 Å². The van der Waals surface area contributed by atoms with Crippen LogP contribution in [-0.2, 0) is 22.4 Å². The summed E-state index contributed by atoms with van der Waals surface area (Å²) < 4.78 is 11.0. The number of methoxy groups -OCH3 is 1. The molecule has 2 atom stereocenters. The molecule has 2 amide bonds. The standard InChI is InChI=1S/C34H35N3O4/c1-40-26-17-15-24(16-18-26)19-25(37-33(38)32(35)20-23-9-3-2-4-10-23)21-36-34(39)41-22-31-29-13-7-5-11-27(29)28-12-6-8-14-30(28)31/h2-18,25,31-32H,19-22,35H2,1H3,(H,36,39)(H,37,38)/t25-,32+/m1/s1. The number of nitrogens with one attached hydrogen (secondary N) is 2. The Balaban J connectivity index is 1.21. The summed E-state index contributed by atoms with van der Waals surface area (Å²) in [5.74, 6) is 0.441. The second-order valence-electron chi connectivity index (χ2n) is 10.3. The summed E-state index contributed by atoms with van der Waals surface area (Å²) in [5, 5.41) is 5.88. The van der Waals surface area contributed by atoms with Crippen LogP contribution in [-0.4, -0.2) is 44.3 Å². The second-order valence-corrected chi connectivity index (χ2v) is 10.3. The molecule has 0 saturated heterocycles. The molecule has 0 spiro atoms. The summed E-state index contributed by atoms with van der Waals surface area (Å²) in [6, 6.07) is 32.6. The minimum atomic E-state index is -0.717. The van der Waals surface area contributed by atoms with E-state index in [1.807, 2.05) is 78.9 Å². The summed E-state index contributed by atoms with van der Waals surface area (Å²) in [6.45, 7) is 0.407. The molecule has 0 heterocycles. The van der Waals surface area contributed by atoms with Gasteiger partial charge in [0.2, 0.25) is 5.91 Å². The van der Waals surface area contributed by atoms with Crippen molar-refractivity contribution < 1.29 is 19.1 Å². The highest BCUT2D eigenvalue weighted by Gasteiger charge is 2.29. The van der Waals surface area contributed by atoms with Gasteiger partial charge in [0, 0.05) is 12.5 Å². The number of carbonyl (C=O) groups excluding carboxylic acids is 2. The van der Waals surface area contributed by atoms with Crippen LogP contribution in [0.15, 0.2) is 103 Å². The maximum atomic E-state index is 13.0. The van der Waals surface area contributed by atoms with E-state index in [0.717, 1.165) is 28.0 Å². The number of amides is 2. The van der Waals surface area contributed by atoms with Gasteiger partial charge in [-0.3, -0.25) is 4.79 Å². The van der Waals surface area contributed by atoms with Crippen molar-refractivity contribution in [1.82, 2.24) is 10.6 Å². The van der Waals surface area contributed by atoms with Crippen molar-refractivity contribution in [2.75, 3.05) is 20.3 Å². The number of hydrogen-bond acceptors (Lipinski definition) is 5. The topological polar surface area (TPSA) is 103 Å². The van der Waals surface area contributed by atoms with Crippen LogP contribution < -0.4 is 21.1 Å². The van der Waals surface area contributed by atoms with Crippen molar-refractivity contribution in [2.45, 2.75) is 30.8 Å². The van der Waals surface area contributed by atoms with Gasteiger partial charge in [-0.1, -0.05) is 91.0 Å². The van der Waals surface area contributed by atoms with Crippen LogP contribution in [0.2, 0.25) is 0 Å². The Bertz CT molecular complexity index is 1430. The maximum Gasteiger partial charge on any atom is 0.407 e. The summed E-state index contributed by atoms with van der Waals surface area (Å²) in [6.07, 6.45) is 0.383. The molecule has 0 bridgehead atoms. The smallest absolute Gasteiger partial charge is 0.407 e. The van der Waals surface area contributed by atoms with E-state index in [1.54, 1.807) is 7.11 Å². The Morgan fingerprint density at radius 2 is 1.37 bits per heavy atom. The van der Waals surface area contributed by atoms with Crippen LogP contribution in [0, 0.1) is 0 Å². The van der Waals surface area contributed by atoms with Gasteiger partial charge < -0.3 is 25.8 Å². The average Bonchev–Trinajstić information content (AvgIpc) is 3.33. The molecule has 4 aromatic carbocycles. The van der Waals surface area contributed by atoms with E-state index in [-0.39, 0.29) is 25.0 Å². The Morgan fingerprint density at radius 1 is 0.780 bits per heavy atom. The van der Waals surface area contributed by atoms with Gasteiger partial charge in [-0.25, -0.2) is 4.79 Å². The number of hydrogen-bond donors (Lipinski definition) is 3. The quantitative estimate of drug-likeness (QED) is 0.249. The molecule has 7 nitrogen and oxygen atoms in total. The molecule has 1 aliphatic carbocycles.